The number of morpholine rings is 1. The van der Waals surface area contributed by atoms with Crippen LogP contribution in [-0.2, 0) is 9.53 Å². The molecular formula is C16H22N4O2S. The molecule has 1 aromatic heterocycles. The standard InChI is InChI=1S/C16H22N4O2S/c1-11-9-23-15(18-11)13-7-20(5-6-22-13)8-14(21)19-16(2,10-17)12-3-4-12/h9,12-13H,3-8H2,1-2H3,(H,19,21)/t13-,16-/m0/s1. The zero-order valence-corrected chi connectivity index (χ0v) is 14.4. The molecule has 1 saturated carbocycles. The summed E-state index contributed by atoms with van der Waals surface area (Å²) in [5.74, 6) is 0.212. The minimum absolute atomic E-state index is 0.0685. The van der Waals surface area contributed by atoms with Gasteiger partial charge < -0.3 is 10.1 Å². The monoisotopic (exact) mass is 334 g/mol. The van der Waals surface area contributed by atoms with Gasteiger partial charge in [0.25, 0.3) is 0 Å². The van der Waals surface area contributed by atoms with E-state index in [2.05, 4.69) is 21.3 Å². The molecule has 3 rings (SSSR count). The summed E-state index contributed by atoms with van der Waals surface area (Å²) in [5.41, 5.74) is 0.271. The largest absolute Gasteiger partial charge is 0.368 e. The molecule has 0 unspecified atom stereocenters. The van der Waals surface area contributed by atoms with E-state index in [1.165, 1.54) is 0 Å². The average Bonchev–Trinajstić information content (AvgIpc) is 3.30. The van der Waals surface area contributed by atoms with Crippen LogP contribution in [-0.4, -0.2) is 47.6 Å². The Labute approximate surface area is 140 Å². The third-order valence-corrected chi connectivity index (χ3v) is 5.51. The highest BCUT2D eigenvalue weighted by molar-refractivity contribution is 7.09. The number of nitriles is 1. The van der Waals surface area contributed by atoms with Crippen LogP contribution in [0.25, 0.3) is 0 Å². The zero-order valence-electron chi connectivity index (χ0n) is 13.5. The molecule has 7 heteroatoms. The fraction of sp³-hybridized carbons (Fsp3) is 0.688. The van der Waals surface area contributed by atoms with Crippen LogP contribution in [0.3, 0.4) is 0 Å². The second-order valence-corrected chi connectivity index (χ2v) is 7.45. The van der Waals surface area contributed by atoms with Gasteiger partial charge in [-0.3, -0.25) is 9.69 Å². The average molecular weight is 334 g/mol. The first-order chi connectivity index (χ1) is 11.0. The Morgan fingerprint density at radius 2 is 2.43 bits per heavy atom. The fourth-order valence-corrected chi connectivity index (χ4v) is 3.76. The maximum Gasteiger partial charge on any atom is 0.235 e. The highest BCUT2D eigenvalue weighted by Gasteiger charge is 2.43. The molecule has 2 aliphatic rings. The predicted molar refractivity (Wildman–Crippen MR) is 86.9 cm³/mol. The number of aromatic nitrogens is 1. The maximum atomic E-state index is 12.3. The number of hydrogen-bond acceptors (Lipinski definition) is 6. The van der Waals surface area contributed by atoms with Crippen LogP contribution < -0.4 is 5.32 Å². The molecule has 23 heavy (non-hydrogen) atoms. The normalized spacial score (nSPS) is 24.7. The molecule has 124 valence electrons. The third kappa shape index (κ3) is 3.89. The van der Waals surface area contributed by atoms with Gasteiger partial charge in [0.15, 0.2) is 0 Å². The number of rotatable bonds is 5. The van der Waals surface area contributed by atoms with E-state index in [9.17, 15) is 10.1 Å². The quantitative estimate of drug-likeness (QED) is 0.885. The summed E-state index contributed by atoms with van der Waals surface area (Å²) < 4.78 is 5.78. The van der Waals surface area contributed by atoms with Crippen molar-refractivity contribution in [3.05, 3.63) is 16.1 Å². The van der Waals surface area contributed by atoms with E-state index in [1.54, 1.807) is 11.3 Å². The fourth-order valence-electron chi connectivity index (χ4n) is 2.93. The summed E-state index contributed by atoms with van der Waals surface area (Å²) in [6, 6.07) is 2.26. The van der Waals surface area contributed by atoms with Gasteiger partial charge in [-0.05, 0) is 32.6 Å². The number of carbonyl (C=O) groups is 1. The van der Waals surface area contributed by atoms with E-state index < -0.39 is 5.54 Å². The first kappa shape index (κ1) is 16.4. The smallest absolute Gasteiger partial charge is 0.235 e. The van der Waals surface area contributed by atoms with Crippen LogP contribution in [0.5, 0.6) is 0 Å². The summed E-state index contributed by atoms with van der Waals surface area (Å²) in [6.07, 6.45) is 1.97. The molecular weight excluding hydrogens is 312 g/mol. The van der Waals surface area contributed by atoms with Gasteiger partial charge >= 0.3 is 0 Å². The maximum absolute atomic E-state index is 12.3. The van der Waals surface area contributed by atoms with Gasteiger partial charge in [0.2, 0.25) is 5.91 Å². The first-order valence-corrected chi connectivity index (χ1v) is 8.86. The zero-order chi connectivity index (χ0) is 16.4. The number of nitrogens with one attached hydrogen (secondary N) is 1. The van der Waals surface area contributed by atoms with Crippen LogP contribution in [0.4, 0.5) is 0 Å². The van der Waals surface area contributed by atoms with E-state index in [1.807, 2.05) is 19.2 Å². The molecule has 0 aromatic carbocycles. The summed E-state index contributed by atoms with van der Waals surface area (Å²) in [6.45, 7) is 6.06. The third-order valence-electron chi connectivity index (χ3n) is 4.46. The van der Waals surface area contributed by atoms with E-state index in [0.29, 0.717) is 25.6 Å². The Bertz CT molecular complexity index is 622. The lowest BCUT2D eigenvalue weighted by Gasteiger charge is -2.32. The highest BCUT2D eigenvalue weighted by Crippen LogP contribution is 2.39. The summed E-state index contributed by atoms with van der Waals surface area (Å²) in [4.78, 5) is 18.9. The second kappa shape index (κ2) is 6.56. The first-order valence-electron chi connectivity index (χ1n) is 7.98. The van der Waals surface area contributed by atoms with Gasteiger partial charge in [-0.25, -0.2) is 4.98 Å². The number of amides is 1. The molecule has 2 atom stereocenters. The Balaban J connectivity index is 1.55. The molecule has 2 fully saturated rings. The molecule has 0 radical (unpaired) electrons. The number of hydrogen-bond donors (Lipinski definition) is 1. The van der Waals surface area contributed by atoms with E-state index >= 15 is 0 Å². The van der Waals surface area contributed by atoms with E-state index in [0.717, 1.165) is 30.1 Å². The topological polar surface area (TPSA) is 78.2 Å². The van der Waals surface area contributed by atoms with Crippen LogP contribution in [0.15, 0.2) is 5.38 Å². The van der Waals surface area contributed by atoms with Crippen molar-refractivity contribution in [3.63, 3.8) is 0 Å². The van der Waals surface area contributed by atoms with Gasteiger partial charge in [0, 0.05) is 24.2 Å². The van der Waals surface area contributed by atoms with Gasteiger partial charge in [-0.1, -0.05) is 0 Å². The van der Waals surface area contributed by atoms with Crippen molar-refractivity contribution >= 4 is 17.2 Å². The van der Waals surface area contributed by atoms with Crippen molar-refractivity contribution in [2.45, 2.75) is 38.3 Å². The summed E-state index contributed by atoms with van der Waals surface area (Å²) in [5, 5.41) is 15.2. The number of carbonyl (C=O) groups excluding carboxylic acids is 1. The van der Waals surface area contributed by atoms with Crippen LogP contribution >= 0.6 is 11.3 Å². The SMILES string of the molecule is Cc1csc([C@@H]2CN(CC(=O)N[C@@](C)(C#N)C3CC3)CCO2)n1. The molecule has 0 bridgehead atoms. The van der Waals surface area contributed by atoms with Crippen LogP contribution in [0.2, 0.25) is 0 Å². The Hall–Kier alpha value is -1.49. The summed E-state index contributed by atoms with van der Waals surface area (Å²) >= 11 is 1.60. The lowest BCUT2D eigenvalue weighted by molar-refractivity contribution is -0.125. The summed E-state index contributed by atoms with van der Waals surface area (Å²) in [7, 11) is 0. The molecule has 1 aromatic rings. The van der Waals surface area contributed by atoms with Crippen LogP contribution in [0, 0.1) is 24.2 Å². The molecule has 0 spiro atoms. The number of thiazole rings is 1. The molecule has 1 amide bonds. The van der Waals surface area contributed by atoms with Crippen molar-refractivity contribution in [1.82, 2.24) is 15.2 Å². The number of nitrogens with zero attached hydrogens (tertiary/aromatic N) is 3. The minimum Gasteiger partial charge on any atom is -0.368 e. The second-order valence-electron chi connectivity index (χ2n) is 6.56. The van der Waals surface area contributed by atoms with E-state index in [-0.39, 0.29) is 12.0 Å². The number of ether oxygens (including phenoxy) is 1. The molecule has 2 heterocycles. The molecule has 1 N–H and O–H groups in total. The van der Waals surface area contributed by atoms with Crippen molar-refractivity contribution in [3.8, 4) is 6.07 Å². The van der Waals surface area contributed by atoms with Crippen molar-refractivity contribution in [2.75, 3.05) is 26.2 Å². The van der Waals surface area contributed by atoms with Crippen molar-refractivity contribution < 1.29 is 9.53 Å². The molecule has 1 aliphatic heterocycles. The lowest BCUT2D eigenvalue weighted by Crippen LogP contribution is -2.51. The number of aryl methyl sites for hydroxylation is 1. The van der Waals surface area contributed by atoms with Gasteiger partial charge in [-0.15, -0.1) is 11.3 Å². The Morgan fingerprint density at radius 1 is 1.65 bits per heavy atom. The Morgan fingerprint density at radius 3 is 3.04 bits per heavy atom. The van der Waals surface area contributed by atoms with Crippen molar-refractivity contribution in [1.29, 1.82) is 5.26 Å². The van der Waals surface area contributed by atoms with Crippen molar-refractivity contribution in [2.24, 2.45) is 5.92 Å². The van der Waals surface area contributed by atoms with Crippen LogP contribution in [0.1, 0.15) is 36.6 Å². The highest BCUT2D eigenvalue weighted by atomic mass is 32.1. The van der Waals surface area contributed by atoms with Gasteiger partial charge in [0.1, 0.15) is 16.7 Å². The van der Waals surface area contributed by atoms with Gasteiger partial charge in [-0.2, -0.15) is 5.26 Å². The molecule has 1 saturated heterocycles. The van der Waals surface area contributed by atoms with E-state index in [4.69, 9.17) is 4.74 Å². The molecule has 1 aliphatic carbocycles. The predicted octanol–water partition coefficient (Wildman–Crippen LogP) is 1.63. The Kier molecular flexibility index (Phi) is 4.67. The van der Waals surface area contributed by atoms with Gasteiger partial charge in [0.05, 0.1) is 19.2 Å². The molecule has 6 nitrogen and oxygen atoms in total. The lowest BCUT2D eigenvalue weighted by atomic mass is 9.98. The minimum atomic E-state index is -0.727.